The topological polar surface area (TPSA) is 87.7 Å². The van der Waals surface area contributed by atoms with Crippen molar-refractivity contribution in [3.63, 3.8) is 0 Å². The Morgan fingerprint density at radius 2 is 1.96 bits per heavy atom. The molecule has 0 aliphatic heterocycles. The highest BCUT2D eigenvalue weighted by molar-refractivity contribution is 5.96. The van der Waals surface area contributed by atoms with Crippen LogP contribution in [-0.4, -0.2) is 16.2 Å². The van der Waals surface area contributed by atoms with Gasteiger partial charge < -0.3 is 14.6 Å². The summed E-state index contributed by atoms with van der Waals surface area (Å²) in [5, 5.41) is 19.8. The van der Waals surface area contributed by atoms with Crippen LogP contribution in [0, 0.1) is 6.92 Å². The standard InChI is InChI=1S/C18H16O5/c1-3-14(19)11-6-9(2)7-13-16(20)12-8-10(18(21)22)4-5-15(12)23-17(11)13/h4-8,14,19H,3H2,1-2H3,(H,21,22). The first-order valence-electron chi connectivity index (χ1n) is 7.35. The first kappa shape index (κ1) is 15.2. The average Bonchev–Trinajstić information content (AvgIpc) is 2.54. The van der Waals surface area contributed by atoms with Crippen molar-refractivity contribution >= 4 is 27.9 Å². The molecule has 1 aromatic heterocycles. The highest BCUT2D eigenvalue weighted by Crippen LogP contribution is 2.29. The summed E-state index contributed by atoms with van der Waals surface area (Å²) in [5.41, 5.74) is 1.81. The van der Waals surface area contributed by atoms with Gasteiger partial charge in [-0.25, -0.2) is 4.79 Å². The van der Waals surface area contributed by atoms with Crippen molar-refractivity contribution in [3.8, 4) is 0 Å². The normalized spacial score (nSPS) is 12.7. The Morgan fingerprint density at radius 1 is 1.22 bits per heavy atom. The van der Waals surface area contributed by atoms with E-state index in [1.807, 2.05) is 13.8 Å². The van der Waals surface area contributed by atoms with Crippen molar-refractivity contribution in [1.82, 2.24) is 0 Å². The number of hydrogen-bond acceptors (Lipinski definition) is 4. The molecule has 1 atom stereocenters. The van der Waals surface area contributed by atoms with E-state index in [1.165, 1.54) is 18.2 Å². The number of aliphatic hydroxyl groups excluding tert-OH is 1. The number of aryl methyl sites for hydroxylation is 1. The molecule has 1 heterocycles. The van der Waals surface area contributed by atoms with Gasteiger partial charge in [0.2, 0.25) is 5.43 Å². The Balaban J connectivity index is 2.45. The van der Waals surface area contributed by atoms with Crippen LogP contribution in [0.2, 0.25) is 0 Å². The minimum Gasteiger partial charge on any atom is -0.478 e. The van der Waals surface area contributed by atoms with Crippen LogP contribution in [0.25, 0.3) is 21.9 Å². The number of aliphatic hydroxyl groups is 1. The van der Waals surface area contributed by atoms with E-state index in [0.29, 0.717) is 28.5 Å². The molecule has 0 aliphatic rings. The number of fused-ring (bicyclic) bond motifs is 2. The number of carboxylic acid groups (broad SMARTS) is 1. The maximum Gasteiger partial charge on any atom is 0.335 e. The van der Waals surface area contributed by atoms with E-state index < -0.39 is 12.1 Å². The van der Waals surface area contributed by atoms with E-state index in [2.05, 4.69) is 0 Å². The molecule has 1 unspecified atom stereocenters. The maximum absolute atomic E-state index is 12.7. The van der Waals surface area contributed by atoms with Crippen molar-refractivity contribution in [2.24, 2.45) is 0 Å². The summed E-state index contributed by atoms with van der Waals surface area (Å²) in [7, 11) is 0. The van der Waals surface area contributed by atoms with Crippen LogP contribution in [-0.2, 0) is 0 Å². The van der Waals surface area contributed by atoms with E-state index in [9.17, 15) is 14.7 Å². The molecule has 0 saturated heterocycles. The highest BCUT2D eigenvalue weighted by Gasteiger charge is 2.17. The Morgan fingerprint density at radius 3 is 2.61 bits per heavy atom. The van der Waals surface area contributed by atoms with E-state index >= 15 is 0 Å². The molecule has 0 aliphatic carbocycles. The predicted octanol–water partition coefficient (Wildman–Crippen LogP) is 3.40. The van der Waals surface area contributed by atoms with Gasteiger partial charge in [-0.15, -0.1) is 0 Å². The summed E-state index contributed by atoms with van der Waals surface area (Å²) in [6.07, 6.45) is -0.227. The monoisotopic (exact) mass is 312 g/mol. The van der Waals surface area contributed by atoms with Gasteiger partial charge in [0.25, 0.3) is 0 Å². The van der Waals surface area contributed by atoms with Crippen LogP contribution in [0.1, 0.15) is 40.9 Å². The van der Waals surface area contributed by atoms with E-state index in [0.717, 1.165) is 5.56 Å². The van der Waals surface area contributed by atoms with Crippen LogP contribution in [0.4, 0.5) is 0 Å². The van der Waals surface area contributed by atoms with Gasteiger partial charge in [0.1, 0.15) is 11.2 Å². The first-order chi connectivity index (χ1) is 10.9. The third-order valence-corrected chi connectivity index (χ3v) is 3.94. The number of benzene rings is 2. The predicted molar refractivity (Wildman–Crippen MR) is 86.9 cm³/mol. The molecule has 118 valence electrons. The lowest BCUT2D eigenvalue weighted by atomic mass is 9.99. The van der Waals surface area contributed by atoms with Crippen LogP contribution < -0.4 is 5.43 Å². The smallest absolute Gasteiger partial charge is 0.335 e. The average molecular weight is 312 g/mol. The van der Waals surface area contributed by atoms with E-state index in [4.69, 9.17) is 9.52 Å². The summed E-state index contributed by atoms with van der Waals surface area (Å²) in [5.74, 6) is -1.10. The molecular weight excluding hydrogens is 296 g/mol. The number of rotatable bonds is 3. The van der Waals surface area contributed by atoms with Crippen molar-refractivity contribution in [1.29, 1.82) is 0 Å². The molecule has 0 fully saturated rings. The van der Waals surface area contributed by atoms with Crippen molar-refractivity contribution in [2.75, 3.05) is 0 Å². The van der Waals surface area contributed by atoms with E-state index in [-0.39, 0.29) is 16.4 Å². The lowest BCUT2D eigenvalue weighted by Crippen LogP contribution is -2.07. The Labute approximate surface area is 131 Å². The number of carbonyl (C=O) groups is 1. The molecule has 0 spiro atoms. The zero-order chi connectivity index (χ0) is 16.7. The summed E-state index contributed by atoms with van der Waals surface area (Å²) < 4.78 is 5.82. The summed E-state index contributed by atoms with van der Waals surface area (Å²) >= 11 is 0. The lowest BCUT2D eigenvalue weighted by Gasteiger charge is -2.12. The van der Waals surface area contributed by atoms with Crippen molar-refractivity contribution in [2.45, 2.75) is 26.4 Å². The molecule has 2 N–H and O–H groups in total. The van der Waals surface area contributed by atoms with Gasteiger partial charge in [0.15, 0.2) is 0 Å². The minimum absolute atomic E-state index is 0.0330. The summed E-state index contributed by atoms with van der Waals surface area (Å²) in [4.78, 5) is 23.8. The fraction of sp³-hybridized carbons (Fsp3) is 0.222. The zero-order valence-corrected chi connectivity index (χ0v) is 12.8. The molecule has 5 nitrogen and oxygen atoms in total. The molecule has 3 aromatic rings. The van der Waals surface area contributed by atoms with Crippen molar-refractivity contribution in [3.05, 3.63) is 57.2 Å². The fourth-order valence-electron chi connectivity index (χ4n) is 2.74. The van der Waals surface area contributed by atoms with Gasteiger partial charge in [0, 0.05) is 5.56 Å². The summed E-state index contributed by atoms with van der Waals surface area (Å²) in [6, 6.07) is 7.68. The van der Waals surface area contributed by atoms with E-state index in [1.54, 1.807) is 12.1 Å². The number of aromatic carboxylic acids is 1. The summed E-state index contributed by atoms with van der Waals surface area (Å²) in [6.45, 7) is 3.68. The molecule has 3 rings (SSSR count). The lowest BCUT2D eigenvalue weighted by molar-refractivity contribution is 0.0697. The Kier molecular flexibility index (Phi) is 3.66. The molecule has 23 heavy (non-hydrogen) atoms. The second-order valence-electron chi connectivity index (χ2n) is 5.60. The molecule has 2 aromatic carbocycles. The van der Waals surface area contributed by atoms with Gasteiger partial charge in [-0.1, -0.05) is 6.92 Å². The Hall–Kier alpha value is -2.66. The SMILES string of the molecule is CCC(O)c1cc(C)cc2c(=O)c3cc(C(=O)O)ccc3oc12. The van der Waals surface area contributed by atoms with Crippen LogP contribution >= 0.6 is 0 Å². The largest absolute Gasteiger partial charge is 0.478 e. The van der Waals surface area contributed by atoms with Crippen LogP contribution in [0.15, 0.2) is 39.5 Å². The zero-order valence-electron chi connectivity index (χ0n) is 12.8. The third kappa shape index (κ3) is 2.49. The quantitative estimate of drug-likeness (QED) is 0.724. The number of carboxylic acids is 1. The highest BCUT2D eigenvalue weighted by atomic mass is 16.4. The molecule has 0 amide bonds. The maximum atomic E-state index is 12.7. The van der Waals surface area contributed by atoms with Gasteiger partial charge >= 0.3 is 5.97 Å². The van der Waals surface area contributed by atoms with Gasteiger partial charge in [0.05, 0.1) is 22.4 Å². The van der Waals surface area contributed by atoms with Gasteiger partial charge in [-0.3, -0.25) is 4.79 Å². The first-order valence-corrected chi connectivity index (χ1v) is 7.35. The Bertz CT molecular complexity index is 984. The number of hydrogen-bond donors (Lipinski definition) is 2. The molecule has 0 bridgehead atoms. The van der Waals surface area contributed by atoms with Gasteiger partial charge in [-0.05, 0) is 49.2 Å². The molecular formula is C18H16O5. The molecule has 0 saturated carbocycles. The van der Waals surface area contributed by atoms with Crippen molar-refractivity contribution < 1.29 is 19.4 Å². The van der Waals surface area contributed by atoms with Gasteiger partial charge in [-0.2, -0.15) is 0 Å². The van der Waals surface area contributed by atoms with Crippen LogP contribution in [0.3, 0.4) is 0 Å². The third-order valence-electron chi connectivity index (χ3n) is 3.94. The second-order valence-corrected chi connectivity index (χ2v) is 5.60. The molecule has 5 heteroatoms. The second kappa shape index (κ2) is 5.52. The minimum atomic E-state index is -1.10. The fourth-order valence-corrected chi connectivity index (χ4v) is 2.74. The van der Waals surface area contributed by atoms with Crippen LogP contribution in [0.5, 0.6) is 0 Å². The molecule has 0 radical (unpaired) electrons.